The van der Waals surface area contributed by atoms with Crippen molar-refractivity contribution in [2.45, 2.75) is 67.7 Å². The number of alkyl halides is 1. The number of ketones is 1. The molecule has 194 valence electrons. The average Bonchev–Trinajstić information content (AvgIpc) is 3.47. The summed E-state index contributed by atoms with van der Waals surface area (Å²) in [4.78, 5) is 21.2. The Kier molecular flexibility index (Phi) is 14.2. The fourth-order valence-electron chi connectivity index (χ4n) is 3.51. The first-order valence-electron chi connectivity index (χ1n) is 12.6. The lowest BCUT2D eigenvalue weighted by molar-refractivity contribution is -0.126. The van der Waals surface area contributed by atoms with E-state index in [1.165, 1.54) is 22.5 Å². The number of thiazole rings is 1. The Bertz CT molecular complexity index is 934. The Balaban J connectivity index is 0.000000263. The van der Waals surface area contributed by atoms with Gasteiger partial charge in [0.2, 0.25) is 0 Å². The van der Waals surface area contributed by atoms with Gasteiger partial charge in [0.05, 0.1) is 17.4 Å². The molecule has 0 saturated heterocycles. The second kappa shape index (κ2) is 16.2. The highest BCUT2D eigenvalue weighted by Gasteiger charge is 2.19. The monoisotopic (exact) mass is 501 g/mol. The third-order valence-electron chi connectivity index (χ3n) is 5.76. The number of aromatic amines is 1. The van der Waals surface area contributed by atoms with Gasteiger partial charge >= 0.3 is 0 Å². The molecule has 6 heteroatoms. The van der Waals surface area contributed by atoms with Crippen molar-refractivity contribution in [2.24, 2.45) is 11.8 Å². The molecular weight excluding hydrogens is 457 g/mol. The van der Waals surface area contributed by atoms with Gasteiger partial charge in [0.1, 0.15) is 5.78 Å². The minimum Gasteiger partial charge on any atom is -0.375 e. The fraction of sp³-hybridized carbons (Fsp3) is 0.517. The lowest BCUT2D eigenvalue weighted by Gasteiger charge is -2.16. The Morgan fingerprint density at radius 2 is 1.77 bits per heavy atom. The van der Waals surface area contributed by atoms with E-state index in [2.05, 4.69) is 71.5 Å². The summed E-state index contributed by atoms with van der Waals surface area (Å²) < 4.78 is 12.0. The summed E-state index contributed by atoms with van der Waals surface area (Å²) in [6, 6.07) is 10.7. The Morgan fingerprint density at radius 1 is 1.11 bits per heavy atom. The van der Waals surface area contributed by atoms with Gasteiger partial charge in [-0.2, -0.15) is 0 Å². The van der Waals surface area contributed by atoms with E-state index in [0.717, 1.165) is 30.1 Å². The average molecular weight is 502 g/mol. The van der Waals surface area contributed by atoms with Gasteiger partial charge < -0.3 is 9.88 Å². The Labute approximate surface area is 216 Å². The second-order valence-electron chi connectivity index (χ2n) is 9.19. The van der Waals surface area contributed by atoms with Crippen molar-refractivity contribution in [2.75, 3.05) is 25.2 Å². The summed E-state index contributed by atoms with van der Waals surface area (Å²) in [5, 5.41) is 3.20. The Hall–Kier alpha value is -2.47. The Morgan fingerprint density at radius 3 is 2.20 bits per heavy atom. The molecule has 4 nitrogen and oxygen atoms in total. The first kappa shape index (κ1) is 30.6. The van der Waals surface area contributed by atoms with Gasteiger partial charge in [-0.05, 0) is 58.7 Å². The van der Waals surface area contributed by atoms with Crippen LogP contribution < -0.4 is 4.90 Å². The molecule has 0 aliphatic carbocycles. The van der Waals surface area contributed by atoms with Gasteiger partial charge in [0, 0.05) is 53.9 Å². The first-order chi connectivity index (χ1) is 16.6. The number of nitrogens with one attached hydrogen (secondary N) is 1. The normalized spacial score (nSPS) is 11.3. The molecule has 1 aromatic carbocycles. The number of carbonyl (C=O) groups excluding carboxylic acids is 1. The van der Waals surface area contributed by atoms with E-state index in [1.54, 1.807) is 11.3 Å². The first-order valence-corrected chi connectivity index (χ1v) is 13.5. The molecule has 0 aliphatic heterocycles. The standard InChI is InChI=1S/C10H19FO.C10H15N.C9H10N2S/c1-4-5-9(6-7-11)10(12)8(2)3;1-4-11(3)10-7-5-9(2)6-8-10;1-6-3-8(4-10-6)9-5-12-7(2)11-9/h8-9H,4-7H2,1-3H3;5-8H,4H2,1-3H3;3-5,10H,1-2H3. The van der Waals surface area contributed by atoms with E-state index in [4.69, 9.17) is 0 Å². The maximum atomic E-state index is 12.0. The molecule has 1 N–H and O–H groups in total. The van der Waals surface area contributed by atoms with E-state index in [-0.39, 0.29) is 24.3 Å². The molecule has 0 fully saturated rings. The minimum atomic E-state index is -0.372. The number of aryl methyl sites for hydroxylation is 3. The number of hydrogen-bond donors (Lipinski definition) is 1. The number of aromatic nitrogens is 2. The number of rotatable bonds is 9. The number of H-pyrrole nitrogens is 1. The van der Waals surface area contributed by atoms with Gasteiger partial charge in [-0.1, -0.05) is 44.9 Å². The molecule has 0 amide bonds. The van der Waals surface area contributed by atoms with Gasteiger partial charge in [-0.25, -0.2) is 4.98 Å². The van der Waals surface area contributed by atoms with Crippen molar-refractivity contribution in [1.82, 2.24) is 9.97 Å². The maximum Gasteiger partial charge on any atom is 0.138 e. The number of anilines is 1. The third-order valence-corrected chi connectivity index (χ3v) is 6.53. The zero-order valence-corrected chi connectivity index (χ0v) is 23.6. The zero-order chi connectivity index (χ0) is 26.4. The highest BCUT2D eigenvalue weighted by Crippen LogP contribution is 2.21. The van der Waals surface area contributed by atoms with Gasteiger partial charge in [0.15, 0.2) is 0 Å². The quantitative estimate of drug-likeness (QED) is 0.321. The summed E-state index contributed by atoms with van der Waals surface area (Å²) in [5.41, 5.74) is 6.03. The number of halogens is 1. The molecule has 2 aromatic heterocycles. The molecule has 0 saturated carbocycles. The fourth-order valence-corrected chi connectivity index (χ4v) is 4.14. The molecule has 0 spiro atoms. The van der Waals surface area contributed by atoms with E-state index >= 15 is 0 Å². The zero-order valence-electron chi connectivity index (χ0n) is 22.8. The maximum absolute atomic E-state index is 12.0. The van der Waals surface area contributed by atoms with Crippen molar-refractivity contribution >= 4 is 22.8 Å². The molecule has 3 rings (SSSR count). The molecular formula is C29H44FN3OS. The number of carbonyl (C=O) groups is 1. The summed E-state index contributed by atoms with van der Waals surface area (Å²) in [7, 11) is 2.10. The van der Waals surface area contributed by atoms with Crippen LogP contribution in [-0.2, 0) is 4.79 Å². The molecule has 0 aliphatic rings. The number of benzene rings is 1. The van der Waals surface area contributed by atoms with Crippen molar-refractivity contribution in [3.05, 3.63) is 58.2 Å². The lowest BCUT2D eigenvalue weighted by atomic mass is 9.89. The predicted molar refractivity (Wildman–Crippen MR) is 150 cm³/mol. The van der Waals surface area contributed by atoms with Crippen molar-refractivity contribution in [3.63, 3.8) is 0 Å². The number of Topliss-reactive ketones (excluding diaryl/α,β-unsaturated/α-hetero) is 1. The van der Waals surface area contributed by atoms with Gasteiger partial charge in [-0.15, -0.1) is 11.3 Å². The molecule has 35 heavy (non-hydrogen) atoms. The summed E-state index contributed by atoms with van der Waals surface area (Å²) >= 11 is 1.68. The molecule has 3 aromatic rings. The molecule has 0 radical (unpaired) electrons. The van der Waals surface area contributed by atoms with Crippen LogP contribution in [-0.4, -0.2) is 36.0 Å². The highest BCUT2D eigenvalue weighted by atomic mass is 32.1. The number of nitrogens with zero attached hydrogens (tertiary/aromatic N) is 2. The summed E-state index contributed by atoms with van der Waals surface area (Å²) in [6.07, 6.45) is 4.19. The van der Waals surface area contributed by atoms with Crippen LogP contribution in [0.15, 0.2) is 41.9 Å². The molecule has 2 heterocycles. The highest BCUT2D eigenvalue weighted by molar-refractivity contribution is 7.09. The van der Waals surface area contributed by atoms with Crippen molar-refractivity contribution < 1.29 is 9.18 Å². The van der Waals surface area contributed by atoms with Crippen LogP contribution in [0.25, 0.3) is 11.3 Å². The second-order valence-corrected chi connectivity index (χ2v) is 10.3. The van der Waals surface area contributed by atoms with E-state index < -0.39 is 0 Å². The van der Waals surface area contributed by atoms with Crippen LogP contribution in [0.4, 0.5) is 10.1 Å². The van der Waals surface area contributed by atoms with Crippen molar-refractivity contribution in [1.29, 1.82) is 0 Å². The lowest BCUT2D eigenvalue weighted by Crippen LogP contribution is -2.20. The van der Waals surface area contributed by atoms with Crippen LogP contribution in [0.5, 0.6) is 0 Å². The molecule has 1 unspecified atom stereocenters. The van der Waals surface area contributed by atoms with Gasteiger partial charge in [-0.3, -0.25) is 9.18 Å². The van der Waals surface area contributed by atoms with Crippen LogP contribution in [0.3, 0.4) is 0 Å². The van der Waals surface area contributed by atoms with Crippen molar-refractivity contribution in [3.8, 4) is 11.3 Å². The van der Waals surface area contributed by atoms with Crippen LogP contribution >= 0.6 is 11.3 Å². The minimum absolute atomic E-state index is 0.0417. The predicted octanol–water partition coefficient (Wildman–Crippen LogP) is 8.19. The SMILES string of the molecule is CCCC(CCF)C(=O)C(C)C.CCN(C)c1ccc(C)cc1.Cc1cc(-c2csc(C)n2)c[nH]1. The third kappa shape index (κ3) is 11.2. The van der Waals surface area contributed by atoms with Crippen LogP contribution in [0, 0.1) is 32.6 Å². The van der Waals surface area contributed by atoms with E-state index in [9.17, 15) is 9.18 Å². The largest absolute Gasteiger partial charge is 0.375 e. The van der Waals surface area contributed by atoms with Crippen LogP contribution in [0.1, 0.15) is 63.2 Å². The van der Waals surface area contributed by atoms with Gasteiger partial charge in [0.25, 0.3) is 0 Å². The van der Waals surface area contributed by atoms with Crippen LogP contribution in [0.2, 0.25) is 0 Å². The van der Waals surface area contributed by atoms with E-state index in [1.807, 2.05) is 40.8 Å². The summed E-state index contributed by atoms with van der Waals surface area (Å²) in [6.45, 7) is 14.8. The number of hydrogen-bond acceptors (Lipinski definition) is 4. The molecule has 0 bridgehead atoms. The topological polar surface area (TPSA) is 49.0 Å². The smallest absolute Gasteiger partial charge is 0.138 e. The van der Waals surface area contributed by atoms with E-state index in [0.29, 0.717) is 6.42 Å². The molecule has 1 atom stereocenters. The summed E-state index contributed by atoms with van der Waals surface area (Å²) in [5.74, 6) is 0.225.